The first-order valence-electron chi connectivity index (χ1n) is 40.8. The molecular formula is C88H82F20O19S4Si. The molecule has 132 heavy (non-hydrogen) atoms. The Morgan fingerprint density at radius 2 is 0.652 bits per heavy atom. The second-order valence-electron chi connectivity index (χ2n) is 34.5. The minimum Gasteiger partial charge on any atom is -0.490 e. The molecule has 8 aromatic carbocycles. The summed E-state index contributed by atoms with van der Waals surface area (Å²) in [6, 6.07) is 18.3. The molecule has 0 spiro atoms. The highest BCUT2D eigenvalue weighted by Crippen LogP contribution is 2.63. The molecule has 8 aromatic rings. The van der Waals surface area contributed by atoms with Gasteiger partial charge >= 0.3 is 24.7 Å². The summed E-state index contributed by atoms with van der Waals surface area (Å²) in [6.45, 7) is 3.76. The zero-order valence-electron chi connectivity index (χ0n) is 69.4. The first-order chi connectivity index (χ1) is 61.5. The molecule has 4 fully saturated rings. The summed E-state index contributed by atoms with van der Waals surface area (Å²) in [5.74, 6) is -18.5. The number of Topliss-reactive ketones (excluding diaryl/α,β-unsaturated/α-hetero) is 2. The molecule has 4 aliphatic heterocycles. The molecule has 0 unspecified atom stereocenters. The third kappa shape index (κ3) is 17.5. The van der Waals surface area contributed by atoms with Crippen LogP contribution in [0.1, 0.15) is 102 Å². The molecule has 13 atom stereocenters. The second kappa shape index (κ2) is 36.4. The van der Waals surface area contributed by atoms with Crippen molar-refractivity contribution in [2.24, 2.45) is 41.4 Å². The minimum absolute atomic E-state index is 0.131. The summed E-state index contributed by atoms with van der Waals surface area (Å²) in [5.41, 5.74) is -6.41. The van der Waals surface area contributed by atoms with E-state index in [4.69, 9.17) is 23.7 Å². The van der Waals surface area contributed by atoms with E-state index in [1.807, 2.05) is 0 Å². The highest BCUT2D eigenvalue weighted by Gasteiger charge is 2.67. The number of benzene rings is 8. The predicted molar refractivity (Wildman–Crippen MR) is 430 cm³/mol. The zero-order valence-corrected chi connectivity index (χ0v) is 73.7. The SMILES string of the molecule is C[Si](C)(C)CCOC[C@@H]1C(=O)CC[C@@]2(S(=O)(=O)c3ccc(C(F)(F)F)cc3)c3c(F)ccc(F)c3OC[C@@H]12.O=C1CC[C@@]2(S(=O)(=O)c3ccc(C(F)(F)F)cc3)c3c(F)ccc(F)c3OC[C@H]2C1.O=S(=O)(c1ccc(C(F)(F)F)cc1)[C@@]12CC[C@@H](O)[C@@H](CO)[C@@H]1COc1c(F)ccc(F)c12.O=S(=O)(c1ccc(C(F)(F)F)cc1)[C@@]12CC[C@H](O)[C@@H](CO)[C@@H]1COc1c(F)ccc(F)c12. The predicted octanol–water partition coefficient (Wildman–Crippen LogP) is 17.3. The lowest BCUT2D eigenvalue weighted by molar-refractivity contribution is -0.138. The van der Waals surface area contributed by atoms with Crippen molar-refractivity contribution in [2.75, 3.05) is 52.9 Å². The fourth-order valence-corrected chi connectivity index (χ4v) is 29.8. The van der Waals surface area contributed by atoms with E-state index in [-0.39, 0.29) is 82.6 Å². The largest absolute Gasteiger partial charge is 0.490 e. The number of aliphatic hydroxyl groups is 4. The van der Waals surface area contributed by atoms with Crippen LogP contribution >= 0.6 is 0 Å². The molecule has 4 N–H and O–H groups in total. The Balaban J connectivity index is 0.000000150. The van der Waals surface area contributed by atoms with E-state index >= 15 is 13.2 Å². The Hall–Kier alpha value is -9.28. The van der Waals surface area contributed by atoms with Gasteiger partial charge in [-0.05, 0) is 190 Å². The average molecular weight is 1980 g/mol. The number of halogens is 20. The molecule has 16 rings (SSSR count). The van der Waals surface area contributed by atoms with Gasteiger partial charge in [-0.1, -0.05) is 19.6 Å². The highest BCUT2D eigenvalue weighted by atomic mass is 32.2. The van der Waals surface area contributed by atoms with Gasteiger partial charge in [0.05, 0.1) is 109 Å². The van der Waals surface area contributed by atoms with E-state index in [1.165, 1.54) is 0 Å². The zero-order chi connectivity index (χ0) is 96.9. The fourth-order valence-electron chi connectivity index (χ4n) is 19.6. The van der Waals surface area contributed by atoms with Gasteiger partial charge in [0.15, 0.2) is 85.6 Å². The quantitative estimate of drug-likeness (QED) is 0.0421. The molecule has 0 amide bonds. The molecule has 0 saturated heterocycles. The van der Waals surface area contributed by atoms with Crippen molar-refractivity contribution in [2.45, 2.75) is 159 Å². The van der Waals surface area contributed by atoms with Gasteiger partial charge in [0.25, 0.3) is 0 Å². The number of fused-ring (bicyclic) bond motifs is 12. The maximum atomic E-state index is 15.4. The van der Waals surface area contributed by atoms with E-state index in [1.54, 1.807) is 0 Å². The average Bonchev–Trinajstić information content (AvgIpc) is 0.728. The van der Waals surface area contributed by atoms with Crippen LogP contribution in [0.4, 0.5) is 87.8 Å². The van der Waals surface area contributed by atoms with Gasteiger partial charge in [-0.15, -0.1) is 0 Å². The van der Waals surface area contributed by atoms with Crippen molar-refractivity contribution in [1.82, 2.24) is 0 Å². The van der Waals surface area contributed by atoms with Gasteiger partial charge in [-0.2, -0.15) is 52.7 Å². The molecule has 4 aliphatic carbocycles. The van der Waals surface area contributed by atoms with Crippen molar-refractivity contribution in [3.05, 3.63) is 237 Å². The molecular weight excluding hydrogens is 1900 g/mol. The second-order valence-corrected chi connectivity index (χ2v) is 48.9. The first kappa shape index (κ1) is 100. The maximum absolute atomic E-state index is 15.4. The Kier molecular flexibility index (Phi) is 27.6. The molecule has 4 saturated carbocycles. The number of ether oxygens (including phenoxy) is 5. The van der Waals surface area contributed by atoms with E-state index in [0.717, 1.165) is 103 Å². The van der Waals surface area contributed by atoms with Crippen molar-refractivity contribution < 1.29 is 175 Å². The van der Waals surface area contributed by atoms with Crippen LogP contribution in [-0.4, -0.2) is 139 Å². The molecule has 4 heterocycles. The Labute approximate surface area is 743 Å². The maximum Gasteiger partial charge on any atom is 0.416 e. The molecule has 0 bridgehead atoms. The first-order valence-corrected chi connectivity index (χ1v) is 50.4. The van der Waals surface area contributed by atoms with Crippen LogP contribution < -0.4 is 18.9 Å². The normalized spacial score (nSPS) is 25.9. The number of rotatable bonds is 15. The van der Waals surface area contributed by atoms with Crippen LogP contribution in [0.25, 0.3) is 0 Å². The van der Waals surface area contributed by atoms with Gasteiger partial charge < -0.3 is 44.1 Å². The number of carbonyl (C=O) groups is 2. The van der Waals surface area contributed by atoms with E-state index in [2.05, 4.69) is 19.6 Å². The topological polar surface area (TPSA) is 298 Å². The molecule has 0 aromatic heterocycles. The number of ketones is 2. The summed E-state index contributed by atoms with van der Waals surface area (Å²) in [5, 5.41) is 40.4. The van der Waals surface area contributed by atoms with Crippen LogP contribution in [0.2, 0.25) is 25.7 Å². The van der Waals surface area contributed by atoms with E-state index < -0.39 is 311 Å². The van der Waals surface area contributed by atoms with Crippen LogP contribution in [-0.2, 0) is 97.4 Å². The molecule has 716 valence electrons. The van der Waals surface area contributed by atoms with Gasteiger partial charge in [0.2, 0.25) is 0 Å². The minimum atomic E-state index is -4.70. The number of alkyl halides is 12. The number of hydrogen-bond acceptors (Lipinski definition) is 19. The van der Waals surface area contributed by atoms with Crippen LogP contribution in [0.15, 0.2) is 165 Å². The van der Waals surface area contributed by atoms with E-state index in [0.29, 0.717) is 55.1 Å². The van der Waals surface area contributed by atoms with Crippen molar-refractivity contribution in [3.63, 3.8) is 0 Å². The molecule has 44 heteroatoms. The molecule has 0 radical (unpaired) electrons. The Morgan fingerprint density at radius 3 is 0.955 bits per heavy atom. The lowest BCUT2D eigenvalue weighted by Crippen LogP contribution is -2.58. The standard InChI is InChI=1S/C26H29F5O5SSi.2C21H19F5O5S.C20H15F5O4S/c1-38(2,3)13-12-35-14-18-19-15-36-24-21(28)9-8-20(27)23(24)25(19,11-10-22(18)32)37(33,34)17-6-4-16(5-7-17)26(29,30)31;2*22-15-5-6-16(23)19-18(15)20(8-7-17(28)13(9-27)14(20)10-31-19)32(29,30)12-3-1-11(2-4-12)21(24,25)26;21-15-5-6-16(22)18-17(15)19(8-7-13(26)9-12(19)10-29-18)30(27,28)14-3-1-11(2-4-14)20(23,24)25/h4-9,18-19H,10-15H2,1-3H3;2*1-6,13-14,17,27-28H,7-10H2;1-6,12H,7-10H2/t18-,19-,25-;13-,14-,17+,20-;13-,14-,17-,20-;12-,19+/m0001/s1. The van der Waals surface area contributed by atoms with Crippen molar-refractivity contribution >= 4 is 59.0 Å². The highest BCUT2D eigenvalue weighted by molar-refractivity contribution is 7.93. The van der Waals surface area contributed by atoms with E-state index in [9.17, 15) is 138 Å². The van der Waals surface area contributed by atoms with Gasteiger partial charge in [-0.25, -0.2) is 68.8 Å². The summed E-state index contributed by atoms with van der Waals surface area (Å²) >= 11 is 0. The van der Waals surface area contributed by atoms with Gasteiger partial charge in [-0.3, -0.25) is 9.59 Å². The van der Waals surface area contributed by atoms with Crippen LogP contribution in [0.5, 0.6) is 23.0 Å². The molecule has 19 nitrogen and oxygen atoms in total. The third-order valence-corrected chi connectivity index (χ3v) is 38.2. The van der Waals surface area contributed by atoms with Gasteiger partial charge in [0.1, 0.15) is 53.8 Å². The van der Waals surface area contributed by atoms with Crippen molar-refractivity contribution in [1.29, 1.82) is 0 Å². The number of aliphatic hydroxyl groups excluding tert-OH is 4. The summed E-state index contributed by atoms with van der Waals surface area (Å²) < 4.78 is 405. The lowest BCUT2D eigenvalue weighted by atomic mass is 9.66. The number of carbonyl (C=O) groups excluding carboxylic acids is 2. The van der Waals surface area contributed by atoms with Crippen LogP contribution in [0.3, 0.4) is 0 Å². The monoisotopic (exact) mass is 1980 g/mol. The smallest absolute Gasteiger partial charge is 0.416 e. The third-order valence-electron chi connectivity index (χ3n) is 26.2. The lowest BCUT2D eigenvalue weighted by Gasteiger charge is -2.51. The summed E-state index contributed by atoms with van der Waals surface area (Å²) in [6.07, 6.45) is -23.3. The fraction of sp³-hybridized carbons (Fsp3) is 0.432. The Bertz CT molecular complexity index is 6030. The Morgan fingerprint density at radius 1 is 0.379 bits per heavy atom. The van der Waals surface area contributed by atoms with Crippen molar-refractivity contribution in [3.8, 4) is 23.0 Å². The number of sulfone groups is 4. The summed E-state index contributed by atoms with van der Waals surface area (Å²) in [7, 11) is -19.9. The van der Waals surface area contributed by atoms with Crippen LogP contribution in [0, 0.1) is 88.0 Å². The number of hydrogen-bond donors (Lipinski definition) is 4. The molecule has 8 aliphatic rings. The summed E-state index contributed by atoms with van der Waals surface area (Å²) in [4.78, 5) is 23.1. The van der Waals surface area contributed by atoms with Gasteiger partial charge in [0, 0.05) is 88.6 Å².